The van der Waals surface area contributed by atoms with Gasteiger partial charge in [-0.3, -0.25) is 0 Å². The van der Waals surface area contributed by atoms with Crippen molar-refractivity contribution < 1.29 is 19.3 Å². The quantitative estimate of drug-likeness (QED) is 0.452. The van der Waals surface area contributed by atoms with E-state index in [9.17, 15) is 4.39 Å². The lowest BCUT2D eigenvalue weighted by Crippen LogP contribution is -2.45. The molecule has 0 bridgehead atoms. The van der Waals surface area contributed by atoms with Gasteiger partial charge in [-0.1, -0.05) is 0 Å². The van der Waals surface area contributed by atoms with Crippen molar-refractivity contribution in [2.45, 2.75) is 18.4 Å². The van der Waals surface area contributed by atoms with Crippen molar-refractivity contribution in [1.29, 1.82) is 0 Å². The first-order valence-corrected chi connectivity index (χ1v) is 2.80. The normalized spacial score (nSPS) is 45.0. The first kappa shape index (κ1) is 6.92. The predicted molar refractivity (Wildman–Crippen MR) is 27.7 cm³/mol. The number of hydrogen-bond acceptors (Lipinski definition) is 3. The summed E-state index contributed by atoms with van der Waals surface area (Å²) in [5.74, 6) is 0. The van der Waals surface area contributed by atoms with Crippen molar-refractivity contribution in [3.63, 3.8) is 0 Å². The van der Waals surface area contributed by atoms with E-state index in [1.165, 1.54) is 0 Å². The second kappa shape index (κ2) is 2.60. The summed E-state index contributed by atoms with van der Waals surface area (Å²) in [5.41, 5.74) is 0. The van der Waals surface area contributed by atoms with Gasteiger partial charge in [0.2, 0.25) is 0 Å². The Morgan fingerprint density at radius 1 is 1.33 bits per heavy atom. The molecule has 0 aromatic carbocycles. The van der Waals surface area contributed by atoms with Gasteiger partial charge < -0.3 is 14.9 Å². The van der Waals surface area contributed by atoms with Gasteiger partial charge in [-0.2, -0.15) is 0 Å². The van der Waals surface area contributed by atoms with Crippen LogP contribution in [0.5, 0.6) is 0 Å². The molecule has 1 aliphatic heterocycles. The van der Waals surface area contributed by atoms with E-state index in [1.54, 1.807) is 0 Å². The lowest BCUT2D eigenvalue weighted by atomic mass is 10.1. The fourth-order valence-electron chi connectivity index (χ4n) is 0.740. The Kier molecular flexibility index (Phi) is 2.00. The molecule has 54 valence electrons. The summed E-state index contributed by atoms with van der Waals surface area (Å²) in [6.45, 7) is -0.0835. The van der Waals surface area contributed by atoms with Gasteiger partial charge in [0, 0.05) is 0 Å². The fourth-order valence-corrected chi connectivity index (χ4v) is 0.740. The van der Waals surface area contributed by atoms with Gasteiger partial charge in [0.25, 0.3) is 0 Å². The van der Waals surface area contributed by atoms with Gasteiger partial charge in [-0.05, 0) is 0 Å². The Labute approximate surface area is 52.1 Å². The molecule has 0 aromatic rings. The second-order valence-electron chi connectivity index (χ2n) is 2.11. The maximum absolute atomic E-state index is 12.3. The maximum atomic E-state index is 12.3. The highest BCUT2D eigenvalue weighted by molar-refractivity contribution is 4.78. The van der Waals surface area contributed by atoms with Crippen LogP contribution in [0, 0.1) is 0 Å². The van der Waals surface area contributed by atoms with Crippen LogP contribution in [0.3, 0.4) is 0 Å². The molecule has 1 heterocycles. The smallest absolute Gasteiger partial charge is 0.152 e. The van der Waals surface area contributed by atoms with Crippen LogP contribution in [0.1, 0.15) is 0 Å². The molecular weight excluding hydrogens is 127 g/mol. The lowest BCUT2D eigenvalue weighted by Gasteiger charge is -2.26. The van der Waals surface area contributed by atoms with E-state index in [4.69, 9.17) is 10.2 Å². The number of hydrogen-bond donors (Lipinski definition) is 2. The van der Waals surface area contributed by atoms with Crippen molar-refractivity contribution in [2.24, 2.45) is 0 Å². The monoisotopic (exact) mass is 136 g/mol. The minimum Gasteiger partial charge on any atom is -0.388 e. The average molecular weight is 136 g/mol. The van der Waals surface area contributed by atoms with E-state index in [0.717, 1.165) is 0 Å². The third kappa shape index (κ3) is 1.38. The summed E-state index contributed by atoms with van der Waals surface area (Å²) < 4.78 is 16.9. The molecule has 3 atom stereocenters. The average Bonchev–Trinajstić information content (AvgIpc) is 1.83. The van der Waals surface area contributed by atoms with E-state index in [1.807, 2.05) is 0 Å². The summed E-state index contributed by atoms with van der Waals surface area (Å²) >= 11 is 0. The maximum Gasteiger partial charge on any atom is 0.152 e. The van der Waals surface area contributed by atoms with Gasteiger partial charge in [-0.25, -0.2) is 4.39 Å². The molecule has 0 spiro atoms. The van der Waals surface area contributed by atoms with E-state index < -0.39 is 18.4 Å². The number of aliphatic hydroxyl groups excluding tert-OH is 2. The molecule has 9 heavy (non-hydrogen) atoms. The molecule has 0 aliphatic carbocycles. The zero-order valence-electron chi connectivity index (χ0n) is 4.83. The largest absolute Gasteiger partial charge is 0.388 e. The van der Waals surface area contributed by atoms with E-state index >= 15 is 0 Å². The third-order valence-corrected chi connectivity index (χ3v) is 1.33. The highest BCUT2D eigenvalue weighted by Crippen LogP contribution is 2.10. The fraction of sp³-hybridized carbons (Fsp3) is 1.00. The number of aliphatic hydroxyl groups is 2. The van der Waals surface area contributed by atoms with Crippen LogP contribution in [0.4, 0.5) is 4.39 Å². The Balaban J connectivity index is 2.41. The zero-order valence-corrected chi connectivity index (χ0v) is 4.83. The summed E-state index contributed by atoms with van der Waals surface area (Å²) in [4.78, 5) is 0. The SMILES string of the molecule is O[C@@H]1[C@H](O)COC[C@@H]1F. The molecule has 2 N–H and O–H groups in total. The standard InChI is InChI=1S/C5H9FO3/c6-3-1-9-2-4(7)5(3)8/h3-5,7-8H,1-2H2/t3-,4+,5-/m0/s1. The molecule has 1 fully saturated rings. The summed E-state index contributed by atoms with van der Waals surface area (Å²) in [5, 5.41) is 17.5. The van der Waals surface area contributed by atoms with Gasteiger partial charge in [0.15, 0.2) is 6.17 Å². The molecule has 0 saturated carbocycles. The van der Waals surface area contributed by atoms with Crippen molar-refractivity contribution in [3.8, 4) is 0 Å². The molecule has 1 aliphatic rings. The summed E-state index contributed by atoms with van der Waals surface area (Å²) in [6, 6.07) is 0. The molecule has 1 saturated heterocycles. The minimum absolute atomic E-state index is 0.0294. The molecule has 3 nitrogen and oxygen atoms in total. The van der Waals surface area contributed by atoms with Gasteiger partial charge >= 0.3 is 0 Å². The van der Waals surface area contributed by atoms with E-state index in [2.05, 4.69) is 4.74 Å². The van der Waals surface area contributed by atoms with Crippen LogP contribution in [0.2, 0.25) is 0 Å². The summed E-state index contributed by atoms with van der Waals surface area (Å²) in [6.07, 6.45) is -3.76. The first-order chi connectivity index (χ1) is 4.22. The van der Waals surface area contributed by atoms with Crippen molar-refractivity contribution in [2.75, 3.05) is 13.2 Å². The van der Waals surface area contributed by atoms with Gasteiger partial charge in [-0.15, -0.1) is 0 Å². The molecular formula is C5H9FO3. The molecule has 0 amide bonds. The Bertz CT molecular complexity index is 88.2. The number of alkyl halides is 1. The Morgan fingerprint density at radius 2 is 2.00 bits per heavy atom. The molecule has 0 aromatic heterocycles. The number of rotatable bonds is 0. The molecule has 0 radical (unpaired) electrons. The first-order valence-electron chi connectivity index (χ1n) is 2.80. The van der Waals surface area contributed by atoms with Gasteiger partial charge in [0.1, 0.15) is 12.2 Å². The Hall–Kier alpha value is -0.190. The van der Waals surface area contributed by atoms with E-state index in [0.29, 0.717) is 0 Å². The number of halogens is 1. The number of ether oxygens (including phenoxy) is 1. The zero-order chi connectivity index (χ0) is 6.85. The molecule has 1 rings (SSSR count). The van der Waals surface area contributed by atoms with Crippen molar-refractivity contribution >= 4 is 0 Å². The highest BCUT2D eigenvalue weighted by atomic mass is 19.1. The van der Waals surface area contributed by atoms with E-state index in [-0.39, 0.29) is 13.2 Å². The van der Waals surface area contributed by atoms with Crippen molar-refractivity contribution in [3.05, 3.63) is 0 Å². The van der Waals surface area contributed by atoms with Crippen LogP contribution in [0.15, 0.2) is 0 Å². The van der Waals surface area contributed by atoms with Crippen LogP contribution in [-0.2, 0) is 4.74 Å². The van der Waals surface area contributed by atoms with Crippen LogP contribution >= 0.6 is 0 Å². The topological polar surface area (TPSA) is 49.7 Å². The lowest BCUT2D eigenvalue weighted by molar-refractivity contribution is -0.127. The Morgan fingerprint density at radius 3 is 2.44 bits per heavy atom. The van der Waals surface area contributed by atoms with Crippen LogP contribution in [-0.4, -0.2) is 41.8 Å². The predicted octanol–water partition coefficient (Wildman–Crippen LogP) is -0.923. The summed E-state index contributed by atoms with van der Waals surface area (Å²) in [7, 11) is 0. The van der Waals surface area contributed by atoms with Crippen LogP contribution < -0.4 is 0 Å². The third-order valence-electron chi connectivity index (χ3n) is 1.33. The highest BCUT2D eigenvalue weighted by Gasteiger charge is 2.30. The second-order valence-corrected chi connectivity index (χ2v) is 2.11. The van der Waals surface area contributed by atoms with Crippen molar-refractivity contribution in [1.82, 2.24) is 0 Å². The van der Waals surface area contributed by atoms with Gasteiger partial charge in [0.05, 0.1) is 13.2 Å². The van der Waals surface area contributed by atoms with Crippen LogP contribution in [0.25, 0.3) is 0 Å². The minimum atomic E-state index is -1.44. The molecule has 0 unspecified atom stereocenters. The molecule has 4 heteroatoms.